The Morgan fingerprint density at radius 3 is 2.79 bits per heavy atom. The van der Waals surface area contributed by atoms with Gasteiger partial charge in [-0.05, 0) is 18.3 Å². The van der Waals surface area contributed by atoms with Crippen molar-refractivity contribution in [2.45, 2.75) is 39.2 Å². The molecule has 0 unspecified atom stereocenters. The number of carbonyl (C=O) groups is 2. The zero-order valence-electron chi connectivity index (χ0n) is 8.62. The monoisotopic (exact) mass is 199 g/mol. The molecule has 0 bridgehead atoms. The van der Waals surface area contributed by atoms with E-state index in [9.17, 15) is 9.59 Å². The molecule has 0 spiro atoms. The maximum Gasteiger partial charge on any atom is 0.303 e. The minimum atomic E-state index is -0.819. The molecule has 1 fully saturated rings. The fraction of sp³-hybridized carbons (Fsp3) is 0.800. The number of amides is 1. The predicted octanol–water partition coefficient (Wildman–Crippen LogP) is 1.01. The van der Waals surface area contributed by atoms with E-state index in [0.29, 0.717) is 12.3 Å². The lowest BCUT2D eigenvalue weighted by Gasteiger charge is -2.18. The first-order valence-electron chi connectivity index (χ1n) is 5.00. The number of rotatable bonds is 4. The highest BCUT2D eigenvalue weighted by atomic mass is 16.4. The molecule has 80 valence electrons. The molecule has 4 heteroatoms. The minimum Gasteiger partial charge on any atom is -0.481 e. The van der Waals surface area contributed by atoms with Crippen LogP contribution < -0.4 is 5.32 Å². The molecule has 0 radical (unpaired) electrons. The van der Waals surface area contributed by atoms with Gasteiger partial charge >= 0.3 is 5.97 Å². The number of aliphatic carboxylic acids is 1. The fourth-order valence-corrected chi connectivity index (χ4v) is 1.96. The minimum absolute atomic E-state index is 0.0121. The van der Waals surface area contributed by atoms with Gasteiger partial charge in [0.1, 0.15) is 0 Å². The van der Waals surface area contributed by atoms with Gasteiger partial charge in [-0.1, -0.05) is 13.8 Å². The van der Waals surface area contributed by atoms with Gasteiger partial charge in [0.15, 0.2) is 0 Å². The Morgan fingerprint density at radius 2 is 2.29 bits per heavy atom. The van der Waals surface area contributed by atoms with E-state index >= 15 is 0 Å². The molecule has 1 amide bonds. The van der Waals surface area contributed by atoms with Crippen molar-refractivity contribution in [3.63, 3.8) is 0 Å². The van der Waals surface area contributed by atoms with Crippen molar-refractivity contribution in [2.75, 3.05) is 0 Å². The van der Waals surface area contributed by atoms with Gasteiger partial charge in [0, 0.05) is 12.5 Å². The topological polar surface area (TPSA) is 66.4 Å². The molecule has 1 aliphatic heterocycles. The van der Waals surface area contributed by atoms with Crippen molar-refractivity contribution in [1.29, 1.82) is 0 Å². The van der Waals surface area contributed by atoms with Crippen LogP contribution in [0, 0.1) is 11.8 Å². The molecule has 4 nitrogen and oxygen atoms in total. The largest absolute Gasteiger partial charge is 0.481 e. The van der Waals surface area contributed by atoms with Crippen LogP contribution in [0.5, 0.6) is 0 Å². The van der Waals surface area contributed by atoms with Crippen molar-refractivity contribution in [3.05, 3.63) is 0 Å². The Bertz CT molecular complexity index is 238. The molecular formula is C10H17NO3. The van der Waals surface area contributed by atoms with Crippen molar-refractivity contribution < 1.29 is 14.7 Å². The summed E-state index contributed by atoms with van der Waals surface area (Å²) in [6, 6.07) is 0.0543. The normalized spacial score (nSPS) is 26.6. The van der Waals surface area contributed by atoms with Crippen LogP contribution in [0.1, 0.15) is 33.1 Å². The van der Waals surface area contributed by atoms with E-state index in [1.54, 1.807) is 0 Å². The van der Waals surface area contributed by atoms with E-state index in [-0.39, 0.29) is 24.3 Å². The van der Waals surface area contributed by atoms with E-state index in [2.05, 4.69) is 19.2 Å². The summed E-state index contributed by atoms with van der Waals surface area (Å²) in [7, 11) is 0. The van der Waals surface area contributed by atoms with Crippen molar-refractivity contribution in [3.8, 4) is 0 Å². The Hall–Kier alpha value is -1.06. The summed E-state index contributed by atoms with van der Waals surface area (Å²) in [6.45, 7) is 4.14. The Kier molecular flexibility index (Phi) is 3.49. The third-order valence-corrected chi connectivity index (χ3v) is 2.53. The van der Waals surface area contributed by atoms with Gasteiger partial charge in [-0.15, -0.1) is 0 Å². The van der Waals surface area contributed by atoms with Gasteiger partial charge in [0.2, 0.25) is 5.91 Å². The highest BCUT2D eigenvalue weighted by Crippen LogP contribution is 2.25. The quantitative estimate of drug-likeness (QED) is 0.710. The van der Waals surface area contributed by atoms with Crippen LogP contribution >= 0.6 is 0 Å². The van der Waals surface area contributed by atoms with Crippen LogP contribution in [0.25, 0.3) is 0 Å². The molecule has 0 aromatic heterocycles. The molecule has 0 aromatic carbocycles. The number of hydrogen-bond acceptors (Lipinski definition) is 2. The molecule has 2 atom stereocenters. The van der Waals surface area contributed by atoms with Crippen LogP contribution in [-0.4, -0.2) is 23.0 Å². The molecular weight excluding hydrogens is 182 g/mol. The third-order valence-electron chi connectivity index (χ3n) is 2.53. The van der Waals surface area contributed by atoms with Crippen LogP contribution in [0.3, 0.4) is 0 Å². The number of carboxylic acid groups (broad SMARTS) is 1. The molecule has 1 rings (SSSR count). The number of carbonyl (C=O) groups excluding carboxylic acids is 1. The average molecular weight is 199 g/mol. The molecule has 0 aliphatic carbocycles. The van der Waals surface area contributed by atoms with Crippen molar-refractivity contribution in [1.82, 2.24) is 5.32 Å². The van der Waals surface area contributed by atoms with E-state index < -0.39 is 5.97 Å². The van der Waals surface area contributed by atoms with E-state index in [1.165, 1.54) is 0 Å². The van der Waals surface area contributed by atoms with E-state index in [0.717, 1.165) is 6.42 Å². The maximum absolute atomic E-state index is 11.1. The van der Waals surface area contributed by atoms with Gasteiger partial charge in [-0.25, -0.2) is 0 Å². The van der Waals surface area contributed by atoms with Crippen LogP contribution in [0.4, 0.5) is 0 Å². The summed E-state index contributed by atoms with van der Waals surface area (Å²) in [5.74, 6) is -0.376. The van der Waals surface area contributed by atoms with E-state index in [4.69, 9.17) is 5.11 Å². The summed E-state index contributed by atoms with van der Waals surface area (Å²) in [6.07, 6.45) is 1.32. The van der Waals surface area contributed by atoms with E-state index in [1.807, 2.05) is 0 Å². The third kappa shape index (κ3) is 3.01. The van der Waals surface area contributed by atoms with Gasteiger partial charge < -0.3 is 10.4 Å². The predicted molar refractivity (Wildman–Crippen MR) is 51.7 cm³/mol. The lowest BCUT2D eigenvalue weighted by Crippen LogP contribution is -2.31. The molecule has 2 N–H and O–H groups in total. The molecule has 0 aromatic rings. The molecule has 1 saturated heterocycles. The van der Waals surface area contributed by atoms with Gasteiger partial charge in [-0.3, -0.25) is 9.59 Å². The highest BCUT2D eigenvalue weighted by molar-refractivity contribution is 5.80. The summed E-state index contributed by atoms with van der Waals surface area (Å²) in [5, 5.41) is 11.5. The number of nitrogens with one attached hydrogen (secondary N) is 1. The summed E-state index contributed by atoms with van der Waals surface area (Å²) >= 11 is 0. The zero-order chi connectivity index (χ0) is 10.7. The molecule has 0 saturated carbocycles. The smallest absolute Gasteiger partial charge is 0.303 e. The second kappa shape index (κ2) is 4.44. The maximum atomic E-state index is 11.1. The van der Waals surface area contributed by atoms with Gasteiger partial charge in [0.25, 0.3) is 0 Å². The first kappa shape index (κ1) is 11.0. The number of carboxylic acids is 1. The fourth-order valence-electron chi connectivity index (χ4n) is 1.96. The summed E-state index contributed by atoms with van der Waals surface area (Å²) < 4.78 is 0. The highest BCUT2D eigenvalue weighted by Gasteiger charge is 2.33. The van der Waals surface area contributed by atoms with Crippen molar-refractivity contribution in [2.24, 2.45) is 11.8 Å². The zero-order valence-corrected chi connectivity index (χ0v) is 8.62. The summed E-state index contributed by atoms with van der Waals surface area (Å²) in [4.78, 5) is 21.7. The standard InChI is InChI=1S/C10H17NO3/c1-6(2)3-8-7(5-10(13)14)4-9(12)11-8/h6-8H,3-5H2,1-2H3,(H,11,12)(H,13,14)/t7-,8-/m0/s1. The lowest BCUT2D eigenvalue weighted by atomic mass is 9.91. The SMILES string of the molecule is CC(C)C[C@@H]1NC(=O)C[C@H]1CC(=O)O. The van der Waals surface area contributed by atoms with Crippen LogP contribution in [0.2, 0.25) is 0 Å². The van der Waals surface area contributed by atoms with Crippen LogP contribution in [0.15, 0.2) is 0 Å². The van der Waals surface area contributed by atoms with Gasteiger partial charge in [-0.2, -0.15) is 0 Å². The number of hydrogen-bond donors (Lipinski definition) is 2. The van der Waals surface area contributed by atoms with Crippen molar-refractivity contribution >= 4 is 11.9 Å². The molecule has 14 heavy (non-hydrogen) atoms. The first-order chi connectivity index (χ1) is 6.49. The average Bonchev–Trinajstić information content (AvgIpc) is 2.28. The second-order valence-electron chi connectivity index (χ2n) is 4.37. The van der Waals surface area contributed by atoms with Crippen LogP contribution in [-0.2, 0) is 9.59 Å². The second-order valence-corrected chi connectivity index (χ2v) is 4.37. The Balaban J connectivity index is 2.53. The van der Waals surface area contributed by atoms with Gasteiger partial charge in [0.05, 0.1) is 6.42 Å². The Morgan fingerprint density at radius 1 is 1.64 bits per heavy atom. The first-order valence-corrected chi connectivity index (χ1v) is 5.00. The molecule has 1 heterocycles. The molecule has 1 aliphatic rings. The Labute approximate surface area is 83.7 Å². The lowest BCUT2D eigenvalue weighted by molar-refractivity contribution is -0.138. The summed E-state index contributed by atoms with van der Waals surface area (Å²) in [5.41, 5.74) is 0.